The molecule has 2 fully saturated rings. The topological polar surface area (TPSA) is 56.2 Å². The second-order valence-electron chi connectivity index (χ2n) is 9.16. The first-order valence-electron chi connectivity index (χ1n) is 10.9. The van der Waals surface area contributed by atoms with E-state index in [0.29, 0.717) is 17.8 Å². The molecule has 0 saturated carbocycles. The van der Waals surface area contributed by atoms with Crippen LogP contribution in [0.1, 0.15) is 32.3 Å². The van der Waals surface area contributed by atoms with E-state index in [9.17, 15) is 27.5 Å². The molecule has 0 unspecified atom stereocenters. The van der Waals surface area contributed by atoms with Gasteiger partial charge in [-0.05, 0) is 36.8 Å². The number of likely N-dealkylation sites (tertiary alicyclic amines) is 1. The number of hydrogen-bond acceptors (Lipinski definition) is 4. The van der Waals surface area contributed by atoms with Crippen molar-refractivity contribution in [3.8, 4) is 5.75 Å². The molecule has 1 N–H and O–H groups in total. The van der Waals surface area contributed by atoms with E-state index in [1.54, 1.807) is 12.1 Å². The van der Waals surface area contributed by atoms with Gasteiger partial charge in [-0.15, -0.1) is 0 Å². The largest absolute Gasteiger partial charge is 0.434 e. The van der Waals surface area contributed by atoms with Crippen LogP contribution in [-0.2, 0) is 6.54 Å². The standard InChI is InChI=1S/C22H31F4N3O3/c1-22(2,14-30)16-4-3-7-27(12-16)11-15-5-6-17(10-18(15)32-20(25)26)29-9-8-28(21(29)31)13-19(23)24/h5-6,10,16,19-20,30H,3-4,7-9,11-14H2,1-2H3/t16-/m0/s1. The van der Waals surface area contributed by atoms with Crippen molar-refractivity contribution in [3.63, 3.8) is 0 Å². The third-order valence-electron chi connectivity index (χ3n) is 6.44. The number of rotatable bonds is 9. The van der Waals surface area contributed by atoms with Crippen LogP contribution in [0.3, 0.4) is 0 Å². The lowest BCUT2D eigenvalue weighted by atomic mass is 9.75. The molecule has 10 heteroatoms. The van der Waals surface area contributed by atoms with Crippen molar-refractivity contribution < 1.29 is 32.2 Å². The fourth-order valence-corrected chi connectivity index (χ4v) is 4.41. The zero-order valence-corrected chi connectivity index (χ0v) is 18.4. The maximum Gasteiger partial charge on any atom is 0.387 e. The molecular weight excluding hydrogens is 430 g/mol. The highest BCUT2D eigenvalue weighted by molar-refractivity contribution is 5.94. The first-order chi connectivity index (χ1) is 15.1. The molecule has 0 aliphatic carbocycles. The predicted molar refractivity (Wildman–Crippen MR) is 112 cm³/mol. The molecule has 32 heavy (non-hydrogen) atoms. The highest BCUT2D eigenvalue weighted by atomic mass is 19.3. The lowest BCUT2D eigenvalue weighted by Crippen LogP contribution is -2.42. The molecule has 0 bridgehead atoms. The smallest absolute Gasteiger partial charge is 0.387 e. The fraction of sp³-hybridized carbons (Fsp3) is 0.682. The summed E-state index contributed by atoms with van der Waals surface area (Å²) in [5.74, 6) is 0.254. The van der Waals surface area contributed by atoms with Crippen molar-refractivity contribution in [2.24, 2.45) is 11.3 Å². The number of benzene rings is 1. The van der Waals surface area contributed by atoms with Gasteiger partial charge in [0.2, 0.25) is 0 Å². The quantitative estimate of drug-likeness (QED) is 0.565. The lowest BCUT2D eigenvalue weighted by Gasteiger charge is -2.40. The summed E-state index contributed by atoms with van der Waals surface area (Å²) >= 11 is 0. The Morgan fingerprint density at radius 1 is 1.19 bits per heavy atom. The number of anilines is 1. The Labute approximate surface area is 185 Å². The number of carbonyl (C=O) groups excluding carboxylic acids is 1. The van der Waals surface area contributed by atoms with E-state index in [4.69, 9.17) is 4.74 Å². The zero-order valence-electron chi connectivity index (χ0n) is 18.4. The van der Waals surface area contributed by atoms with Crippen LogP contribution in [0.2, 0.25) is 0 Å². The van der Waals surface area contributed by atoms with Gasteiger partial charge in [0.1, 0.15) is 5.75 Å². The molecule has 2 saturated heterocycles. The van der Waals surface area contributed by atoms with Gasteiger partial charge < -0.3 is 14.7 Å². The van der Waals surface area contributed by atoms with Gasteiger partial charge in [-0.2, -0.15) is 8.78 Å². The minimum Gasteiger partial charge on any atom is -0.434 e. The van der Waals surface area contributed by atoms with Gasteiger partial charge >= 0.3 is 12.6 Å². The average molecular weight is 462 g/mol. The normalized spacial score (nSPS) is 20.7. The molecule has 3 rings (SSSR count). The summed E-state index contributed by atoms with van der Waals surface area (Å²) < 4.78 is 56.3. The van der Waals surface area contributed by atoms with Crippen LogP contribution in [-0.4, -0.2) is 73.3 Å². The number of alkyl halides is 4. The van der Waals surface area contributed by atoms with Crippen molar-refractivity contribution >= 4 is 11.7 Å². The van der Waals surface area contributed by atoms with E-state index in [0.717, 1.165) is 30.8 Å². The number of aliphatic hydroxyl groups excluding tert-OH is 1. The van der Waals surface area contributed by atoms with Crippen LogP contribution in [0.4, 0.5) is 28.0 Å². The van der Waals surface area contributed by atoms with E-state index in [1.165, 1.54) is 11.0 Å². The SMILES string of the molecule is CC(C)(CO)[C@H]1CCCN(Cc2ccc(N3CCN(CC(F)F)C3=O)cc2OC(F)F)C1. The highest BCUT2D eigenvalue weighted by Gasteiger charge is 2.34. The molecule has 6 nitrogen and oxygen atoms in total. The minimum absolute atomic E-state index is 0.0267. The summed E-state index contributed by atoms with van der Waals surface area (Å²) in [5, 5.41) is 9.69. The van der Waals surface area contributed by atoms with Crippen molar-refractivity contribution in [2.75, 3.05) is 44.2 Å². The number of hydrogen-bond donors (Lipinski definition) is 1. The molecule has 2 aliphatic heterocycles. The third-order valence-corrected chi connectivity index (χ3v) is 6.44. The van der Waals surface area contributed by atoms with Crippen LogP contribution in [0.5, 0.6) is 5.75 Å². The van der Waals surface area contributed by atoms with Gasteiger partial charge in [0, 0.05) is 50.1 Å². The monoisotopic (exact) mass is 461 g/mol. The Hall–Kier alpha value is -2.07. The van der Waals surface area contributed by atoms with Crippen LogP contribution < -0.4 is 9.64 Å². The number of urea groups is 1. The number of piperidine rings is 1. The summed E-state index contributed by atoms with van der Waals surface area (Å²) in [7, 11) is 0. The van der Waals surface area contributed by atoms with Crippen molar-refractivity contribution in [1.29, 1.82) is 0 Å². The van der Waals surface area contributed by atoms with Gasteiger partial charge in [0.15, 0.2) is 0 Å². The number of nitrogens with zero attached hydrogens (tertiary/aromatic N) is 3. The molecule has 180 valence electrons. The Morgan fingerprint density at radius 3 is 2.59 bits per heavy atom. The number of ether oxygens (including phenoxy) is 1. The number of amides is 2. The molecule has 2 heterocycles. The van der Waals surface area contributed by atoms with E-state index in [1.807, 2.05) is 13.8 Å². The molecule has 2 aliphatic rings. The Kier molecular flexibility index (Phi) is 7.87. The molecular formula is C22H31F4N3O3. The van der Waals surface area contributed by atoms with Crippen LogP contribution >= 0.6 is 0 Å². The Balaban J connectivity index is 1.76. The van der Waals surface area contributed by atoms with Crippen LogP contribution in [0.25, 0.3) is 0 Å². The molecule has 1 aromatic rings. The maximum atomic E-state index is 13.1. The molecule has 0 radical (unpaired) electrons. The second kappa shape index (κ2) is 10.2. The van der Waals surface area contributed by atoms with Gasteiger partial charge in [0.25, 0.3) is 6.43 Å². The van der Waals surface area contributed by atoms with E-state index < -0.39 is 25.6 Å². The van der Waals surface area contributed by atoms with Gasteiger partial charge in [-0.25, -0.2) is 13.6 Å². The van der Waals surface area contributed by atoms with Crippen LogP contribution in [0, 0.1) is 11.3 Å². The minimum atomic E-state index is -3.03. The van der Waals surface area contributed by atoms with Gasteiger partial charge in [0.05, 0.1) is 6.54 Å². The highest BCUT2D eigenvalue weighted by Crippen LogP contribution is 2.35. The first kappa shape index (κ1) is 24.6. The molecule has 1 atom stereocenters. The fourth-order valence-electron chi connectivity index (χ4n) is 4.41. The maximum absolute atomic E-state index is 13.1. The van der Waals surface area contributed by atoms with Crippen molar-refractivity contribution in [1.82, 2.24) is 9.80 Å². The first-order valence-corrected chi connectivity index (χ1v) is 10.9. The van der Waals surface area contributed by atoms with Crippen molar-refractivity contribution in [3.05, 3.63) is 23.8 Å². The summed E-state index contributed by atoms with van der Waals surface area (Å²) in [5.41, 5.74) is 0.669. The Morgan fingerprint density at radius 2 is 1.94 bits per heavy atom. The van der Waals surface area contributed by atoms with Gasteiger partial charge in [-0.3, -0.25) is 9.80 Å². The number of carbonyl (C=O) groups is 1. The van der Waals surface area contributed by atoms with Gasteiger partial charge in [-0.1, -0.05) is 19.9 Å². The average Bonchev–Trinajstić information content (AvgIpc) is 3.08. The molecule has 0 spiro atoms. The predicted octanol–water partition coefficient (Wildman–Crippen LogP) is 4.03. The second-order valence-corrected chi connectivity index (χ2v) is 9.16. The summed E-state index contributed by atoms with van der Waals surface area (Å²) in [6.07, 6.45) is -0.696. The summed E-state index contributed by atoms with van der Waals surface area (Å²) in [4.78, 5) is 16.9. The molecule has 1 aromatic carbocycles. The number of halogens is 4. The lowest BCUT2D eigenvalue weighted by molar-refractivity contribution is -0.0509. The Bertz CT molecular complexity index is 794. The van der Waals surface area contributed by atoms with E-state index >= 15 is 0 Å². The van der Waals surface area contributed by atoms with Crippen LogP contribution in [0.15, 0.2) is 18.2 Å². The number of aliphatic hydroxyl groups is 1. The van der Waals surface area contributed by atoms with E-state index in [2.05, 4.69) is 4.90 Å². The third kappa shape index (κ3) is 5.83. The molecule has 0 aromatic heterocycles. The summed E-state index contributed by atoms with van der Waals surface area (Å²) in [6.45, 7) is 2.70. The van der Waals surface area contributed by atoms with Crippen molar-refractivity contribution in [2.45, 2.75) is 46.3 Å². The summed E-state index contributed by atoms with van der Waals surface area (Å²) in [6, 6.07) is 4.09. The molecule has 2 amide bonds. The zero-order chi connectivity index (χ0) is 23.5. The van der Waals surface area contributed by atoms with E-state index in [-0.39, 0.29) is 36.8 Å².